The average Bonchev–Trinajstić information content (AvgIpc) is 2.65. The van der Waals surface area contributed by atoms with E-state index < -0.39 is 5.97 Å². The number of rotatable bonds is 5. The number of carbonyl (C=O) groups is 1. The van der Waals surface area contributed by atoms with Crippen molar-refractivity contribution in [2.45, 2.75) is 30.9 Å². The number of carboxylic acid groups (broad SMARTS) is 1. The van der Waals surface area contributed by atoms with Crippen LogP contribution in [0.4, 0.5) is 0 Å². The molecule has 92 valence electrons. The lowest BCUT2D eigenvalue weighted by Gasteiger charge is -2.37. The van der Waals surface area contributed by atoms with Crippen molar-refractivity contribution < 1.29 is 19.4 Å². The van der Waals surface area contributed by atoms with Gasteiger partial charge in [0.15, 0.2) is 0 Å². The van der Waals surface area contributed by atoms with Gasteiger partial charge < -0.3 is 19.9 Å². The number of hydrogen-bond acceptors (Lipinski definition) is 4. The molecule has 1 saturated heterocycles. The summed E-state index contributed by atoms with van der Waals surface area (Å²) in [6.07, 6.45) is 2.60. The van der Waals surface area contributed by atoms with Crippen LogP contribution in [0.1, 0.15) is 19.3 Å². The highest BCUT2D eigenvalue weighted by molar-refractivity contribution is 5.72. The van der Waals surface area contributed by atoms with Gasteiger partial charge in [0.05, 0.1) is 12.5 Å². The molecule has 5 heteroatoms. The highest BCUT2D eigenvalue weighted by Gasteiger charge is 2.40. The molecular formula is C11H19NO4. The second-order valence-corrected chi connectivity index (χ2v) is 4.70. The molecule has 1 heterocycles. The van der Waals surface area contributed by atoms with Gasteiger partial charge in [-0.1, -0.05) is 0 Å². The summed E-state index contributed by atoms with van der Waals surface area (Å²) in [5, 5.41) is 12.2. The van der Waals surface area contributed by atoms with E-state index in [-0.39, 0.29) is 17.6 Å². The van der Waals surface area contributed by atoms with Crippen LogP contribution in [0.3, 0.4) is 0 Å². The second kappa shape index (κ2) is 4.69. The van der Waals surface area contributed by atoms with Crippen LogP contribution in [-0.4, -0.2) is 49.6 Å². The molecule has 2 aliphatic rings. The molecule has 16 heavy (non-hydrogen) atoms. The van der Waals surface area contributed by atoms with Crippen molar-refractivity contribution in [1.29, 1.82) is 0 Å². The van der Waals surface area contributed by atoms with Crippen molar-refractivity contribution in [1.82, 2.24) is 5.32 Å². The SMILES string of the molecule is COC1(CNC2CCC2C(=O)O)CCOC1. The van der Waals surface area contributed by atoms with E-state index in [2.05, 4.69) is 5.32 Å². The van der Waals surface area contributed by atoms with Gasteiger partial charge in [-0.3, -0.25) is 4.79 Å². The minimum atomic E-state index is -0.696. The minimum absolute atomic E-state index is 0.102. The van der Waals surface area contributed by atoms with Gasteiger partial charge in [-0.2, -0.15) is 0 Å². The molecular weight excluding hydrogens is 210 g/mol. The molecule has 0 spiro atoms. The van der Waals surface area contributed by atoms with E-state index in [4.69, 9.17) is 14.6 Å². The first kappa shape index (κ1) is 11.8. The highest BCUT2D eigenvalue weighted by Crippen LogP contribution is 2.29. The van der Waals surface area contributed by atoms with Gasteiger partial charge in [-0.05, 0) is 12.8 Å². The summed E-state index contributed by atoms with van der Waals surface area (Å²) in [6.45, 7) is 2.00. The summed E-state index contributed by atoms with van der Waals surface area (Å²) in [6, 6.07) is 0.102. The molecule has 5 nitrogen and oxygen atoms in total. The van der Waals surface area contributed by atoms with Gasteiger partial charge in [-0.15, -0.1) is 0 Å². The smallest absolute Gasteiger partial charge is 0.308 e. The Kier molecular flexibility index (Phi) is 3.47. The molecule has 1 aliphatic heterocycles. The zero-order valence-electron chi connectivity index (χ0n) is 9.57. The Balaban J connectivity index is 1.80. The van der Waals surface area contributed by atoms with Crippen LogP contribution < -0.4 is 5.32 Å². The van der Waals surface area contributed by atoms with E-state index in [1.807, 2.05) is 0 Å². The Labute approximate surface area is 95.1 Å². The molecule has 1 saturated carbocycles. The predicted octanol–water partition coefficient (Wildman–Crippen LogP) is 0.245. The van der Waals surface area contributed by atoms with Crippen molar-refractivity contribution >= 4 is 5.97 Å². The lowest BCUT2D eigenvalue weighted by atomic mass is 9.79. The van der Waals surface area contributed by atoms with Crippen LogP contribution in [0.2, 0.25) is 0 Å². The van der Waals surface area contributed by atoms with Gasteiger partial charge in [-0.25, -0.2) is 0 Å². The first-order valence-corrected chi connectivity index (χ1v) is 5.76. The maximum absolute atomic E-state index is 10.8. The maximum atomic E-state index is 10.8. The largest absolute Gasteiger partial charge is 0.481 e. The van der Waals surface area contributed by atoms with E-state index in [1.165, 1.54) is 0 Å². The average molecular weight is 229 g/mol. The Morgan fingerprint density at radius 1 is 1.62 bits per heavy atom. The lowest BCUT2D eigenvalue weighted by molar-refractivity contribution is -0.146. The molecule has 0 radical (unpaired) electrons. The first-order chi connectivity index (χ1) is 7.67. The van der Waals surface area contributed by atoms with Crippen molar-refractivity contribution in [2.75, 3.05) is 26.9 Å². The maximum Gasteiger partial charge on any atom is 0.308 e. The van der Waals surface area contributed by atoms with E-state index >= 15 is 0 Å². The number of hydrogen-bond donors (Lipinski definition) is 2. The van der Waals surface area contributed by atoms with Gasteiger partial charge in [0, 0.05) is 32.7 Å². The molecule has 0 amide bonds. The molecule has 0 aromatic heterocycles. The minimum Gasteiger partial charge on any atom is -0.481 e. The van der Waals surface area contributed by atoms with Gasteiger partial charge in [0.2, 0.25) is 0 Å². The summed E-state index contributed by atoms with van der Waals surface area (Å²) < 4.78 is 10.8. The van der Waals surface area contributed by atoms with Crippen LogP contribution >= 0.6 is 0 Å². The summed E-state index contributed by atoms with van der Waals surface area (Å²) in [5.41, 5.74) is -0.251. The zero-order chi connectivity index (χ0) is 11.6. The third kappa shape index (κ3) is 2.21. The monoisotopic (exact) mass is 229 g/mol. The Morgan fingerprint density at radius 3 is 2.88 bits per heavy atom. The Hall–Kier alpha value is -0.650. The van der Waals surface area contributed by atoms with E-state index in [0.29, 0.717) is 13.2 Å². The van der Waals surface area contributed by atoms with Crippen molar-refractivity contribution in [3.05, 3.63) is 0 Å². The van der Waals surface area contributed by atoms with E-state index in [1.54, 1.807) is 7.11 Å². The number of carboxylic acids is 1. The fraction of sp³-hybridized carbons (Fsp3) is 0.909. The molecule has 1 aliphatic carbocycles. The Morgan fingerprint density at radius 2 is 2.44 bits per heavy atom. The van der Waals surface area contributed by atoms with E-state index in [9.17, 15) is 4.79 Å². The quantitative estimate of drug-likeness (QED) is 0.707. The molecule has 2 fully saturated rings. The van der Waals surface area contributed by atoms with Crippen LogP contribution in [0.15, 0.2) is 0 Å². The summed E-state index contributed by atoms with van der Waals surface area (Å²) in [5.74, 6) is -0.922. The first-order valence-electron chi connectivity index (χ1n) is 5.76. The van der Waals surface area contributed by atoms with Gasteiger partial charge in [0.25, 0.3) is 0 Å². The predicted molar refractivity (Wildman–Crippen MR) is 57.3 cm³/mol. The third-order valence-electron chi connectivity index (χ3n) is 3.78. The fourth-order valence-corrected chi connectivity index (χ4v) is 2.32. The number of nitrogens with one attached hydrogen (secondary N) is 1. The van der Waals surface area contributed by atoms with Crippen molar-refractivity contribution in [2.24, 2.45) is 5.92 Å². The van der Waals surface area contributed by atoms with Crippen molar-refractivity contribution in [3.63, 3.8) is 0 Å². The summed E-state index contributed by atoms with van der Waals surface area (Å²) in [7, 11) is 1.69. The van der Waals surface area contributed by atoms with Crippen molar-refractivity contribution in [3.8, 4) is 0 Å². The second-order valence-electron chi connectivity index (χ2n) is 4.70. The highest BCUT2D eigenvalue weighted by atomic mass is 16.5. The lowest BCUT2D eigenvalue weighted by Crippen LogP contribution is -2.53. The van der Waals surface area contributed by atoms with Crippen LogP contribution in [0.5, 0.6) is 0 Å². The van der Waals surface area contributed by atoms with Crippen LogP contribution in [0.25, 0.3) is 0 Å². The van der Waals surface area contributed by atoms with Gasteiger partial charge >= 0.3 is 5.97 Å². The number of methoxy groups -OCH3 is 1. The normalized spacial score (nSPS) is 38.3. The molecule has 2 rings (SSSR count). The molecule has 3 atom stereocenters. The fourth-order valence-electron chi connectivity index (χ4n) is 2.32. The molecule has 3 unspecified atom stereocenters. The number of aliphatic carboxylic acids is 1. The van der Waals surface area contributed by atoms with E-state index in [0.717, 1.165) is 25.9 Å². The zero-order valence-corrected chi connectivity index (χ0v) is 9.57. The topological polar surface area (TPSA) is 67.8 Å². The molecule has 0 aromatic rings. The standard InChI is InChI=1S/C11H19NO4/c1-15-11(4-5-16-7-11)6-12-9-3-2-8(9)10(13)14/h8-9,12H,2-7H2,1H3,(H,13,14). The van der Waals surface area contributed by atoms with Gasteiger partial charge in [0.1, 0.15) is 5.60 Å². The van der Waals surface area contributed by atoms with Crippen LogP contribution in [0, 0.1) is 5.92 Å². The molecule has 2 N–H and O–H groups in total. The van der Waals surface area contributed by atoms with Crippen LogP contribution in [-0.2, 0) is 14.3 Å². The number of ether oxygens (including phenoxy) is 2. The third-order valence-corrected chi connectivity index (χ3v) is 3.78. The summed E-state index contributed by atoms with van der Waals surface area (Å²) in [4.78, 5) is 10.8. The Bertz CT molecular complexity index is 263. The molecule has 0 aromatic carbocycles. The molecule has 0 bridgehead atoms. The summed E-state index contributed by atoms with van der Waals surface area (Å²) >= 11 is 0.